The summed E-state index contributed by atoms with van der Waals surface area (Å²) in [6, 6.07) is 0. The average molecular weight is 234 g/mol. The largest absolute Gasteiger partial charge is 0.411 e. The lowest BCUT2D eigenvalue weighted by atomic mass is 10.1. The Bertz CT molecular complexity index is 431. The second kappa shape index (κ2) is 4.90. The van der Waals surface area contributed by atoms with Crippen LogP contribution in [0.25, 0.3) is 0 Å². The Labute approximate surface area is 99.0 Å². The molecule has 6 heteroatoms. The lowest BCUT2D eigenvalue weighted by Gasteiger charge is -2.26. The normalized spacial score (nSPS) is 15.8. The van der Waals surface area contributed by atoms with Crippen molar-refractivity contribution in [1.82, 2.24) is 14.9 Å². The van der Waals surface area contributed by atoms with Crippen molar-refractivity contribution in [2.75, 3.05) is 13.1 Å². The van der Waals surface area contributed by atoms with Crippen LogP contribution in [0, 0.1) is 6.92 Å². The zero-order valence-corrected chi connectivity index (χ0v) is 9.63. The van der Waals surface area contributed by atoms with Crippen molar-refractivity contribution in [3.8, 4) is 0 Å². The summed E-state index contributed by atoms with van der Waals surface area (Å²) >= 11 is 0. The van der Waals surface area contributed by atoms with Gasteiger partial charge in [-0.25, -0.2) is 4.98 Å². The van der Waals surface area contributed by atoms with E-state index < -0.39 is 0 Å². The van der Waals surface area contributed by atoms with Crippen LogP contribution >= 0.6 is 0 Å². The van der Waals surface area contributed by atoms with Crippen molar-refractivity contribution in [2.45, 2.75) is 19.8 Å². The SMILES string of the molecule is Cc1cnc(C(=O)N2CCC(=NO)CC2)cn1. The van der Waals surface area contributed by atoms with Gasteiger partial charge in [0.15, 0.2) is 0 Å². The van der Waals surface area contributed by atoms with Gasteiger partial charge >= 0.3 is 0 Å². The first-order valence-electron chi connectivity index (χ1n) is 5.48. The van der Waals surface area contributed by atoms with Crippen LogP contribution < -0.4 is 0 Å². The van der Waals surface area contributed by atoms with Crippen LogP contribution in [0.4, 0.5) is 0 Å². The number of carbonyl (C=O) groups is 1. The molecule has 0 bridgehead atoms. The molecule has 0 atom stereocenters. The number of amides is 1. The third kappa shape index (κ3) is 2.58. The van der Waals surface area contributed by atoms with E-state index in [1.54, 1.807) is 11.1 Å². The van der Waals surface area contributed by atoms with Gasteiger partial charge in [0.05, 0.1) is 17.6 Å². The van der Waals surface area contributed by atoms with Gasteiger partial charge < -0.3 is 10.1 Å². The molecule has 1 aliphatic heterocycles. The molecule has 2 rings (SSSR count). The fraction of sp³-hybridized carbons (Fsp3) is 0.455. The lowest BCUT2D eigenvalue weighted by Crippen LogP contribution is -2.39. The van der Waals surface area contributed by atoms with E-state index in [-0.39, 0.29) is 5.91 Å². The summed E-state index contributed by atoms with van der Waals surface area (Å²) < 4.78 is 0. The van der Waals surface area contributed by atoms with Crippen LogP contribution in [0.1, 0.15) is 29.0 Å². The van der Waals surface area contributed by atoms with Crippen LogP contribution in [-0.4, -0.2) is 44.8 Å². The van der Waals surface area contributed by atoms with Gasteiger partial charge in [0.2, 0.25) is 0 Å². The summed E-state index contributed by atoms with van der Waals surface area (Å²) in [7, 11) is 0. The molecule has 17 heavy (non-hydrogen) atoms. The first-order chi connectivity index (χ1) is 8.20. The number of oxime groups is 1. The van der Waals surface area contributed by atoms with E-state index in [1.165, 1.54) is 6.20 Å². The fourth-order valence-electron chi connectivity index (χ4n) is 1.73. The van der Waals surface area contributed by atoms with Gasteiger partial charge in [-0.3, -0.25) is 9.78 Å². The zero-order chi connectivity index (χ0) is 12.3. The highest BCUT2D eigenvalue weighted by Gasteiger charge is 2.22. The smallest absolute Gasteiger partial charge is 0.274 e. The van der Waals surface area contributed by atoms with Crippen LogP contribution in [0.15, 0.2) is 17.5 Å². The minimum atomic E-state index is -0.116. The quantitative estimate of drug-likeness (QED) is 0.577. The molecule has 1 aromatic rings. The maximum Gasteiger partial charge on any atom is 0.274 e. The standard InChI is InChI=1S/C11H14N4O2/c1-8-6-13-10(7-12-8)11(16)15-4-2-9(14-17)3-5-15/h6-7,17H,2-5H2,1H3. The highest BCUT2D eigenvalue weighted by Crippen LogP contribution is 2.10. The number of hydrogen-bond donors (Lipinski definition) is 1. The molecule has 0 saturated carbocycles. The second-order valence-corrected chi connectivity index (χ2v) is 4.00. The van der Waals surface area contributed by atoms with Gasteiger partial charge in [0.1, 0.15) is 5.69 Å². The Morgan fingerprint density at radius 2 is 2.06 bits per heavy atom. The third-order valence-electron chi connectivity index (χ3n) is 2.77. The molecule has 1 amide bonds. The molecule has 0 unspecified atom stereocenters. The van der Waals surface area contributed by atoms with E-state index in [1.807, 2.05) is 6.92 Å². The van der Waals surface area contributed by atoms with E-state index in [0.29, 0.717) is 31.6 Å². The Morgan fingerprint density at radius 1 is 1.35 bits per heavy atom. The third-order valence-corrected chi connectivity index (χ3v) is 2.77. The summed E-state index contributed by atoms with van der Waals surface area (Å²) in [6.45, 7) is 2.95. The monoisotopic (exact) mass is 234 g/mol. The van der Waals surface area contributed by atoms with Gasteiger partial charge in [-0.1, -0.05) is 5.16 Å². The van der Waals surface area contributed by atoms with Crippen molar-refractivity contribution in [1.29, 1.82) is 0 Å². The summed E-state index contributed by atoms with van der Waals surface area (Å²) in [5, 5.41) is 11.8. The summed E-state index contributed by atoms with van der Waals surface area (Å²) in [5.74, 6) is -0.116. The predicted molar refractivity (Wildman–Crippen MR) is 61.1 cm³/mol. The van der Waals surface area contributed by atoms with Gasteiger partial charge in [-0.2, -0.15) is 0 Å². The molecule has 0 aliphatic carbocycles. The van der Waals surface area contributed by atoms with Crippen molar-refractivity contribution >= 4 is 11.6 Å². The highest BCUT2D eigenvalue weighted by molar-refractivity contribution is 5.94. The summed E-state index contributed by atoms with van der Waals surface area (Å²) in [4.78, 5) is 21.8. The number of piperidine rings is 1. The van der Waals surface area contributed by atoms with Crippen molar-refractivity contribution in [3.05, 3.63) is 23.8 Å². The molecule has 6 nitrogen and oxygen atoms in total. The highest BCUT2D eigenvalue weighted by atomic mass is 16.4. The fourth-order valence-corrected chi connectivity index (χ4v) is 1.73. The Balaban J connectivity index is 2.04. The van der Waals surface area contributed by atoms with Crippen LogP contribution in [-0.2, 0) is 0 Å². The number of carbonyl (C=O) groups excluding carboxylic acids is 1. The molecule has 0 aromatic carbocycles. The van der Waals surface area contributed by atoms with Crippen molar-refractivity contribution < 1.29 is 10.0 Å². The molecule has 2 heterocycles. The maximum absolute atomic E-state index is 12.0. The molecule has 1 saturated heterocycles. The first kappa shape index (κ1) is 11.5. The molecule has 1 fully saturated rings. The maximum atomic E-state index is 12.0. The number of likely N-dealkylation sites (tertiary alicyclic amines) is 1. The topological polar surface area (TPSA) is 78.7 Å². The van der Waals surface area contributed by atoms with Gasteiger partial charge in [-0.05, 0) is 6.92 Å². The van der Waals surface area contributed by atoms with Gasteiger partial charge in [0.25, 0.3) is 5.91 Å². The molecule has 0 spiro atoms. The van der Waals surface area contributed by atoms with Crippen LogP contribution in [0.5, 0.6) is 0 Å². The Hall–Kier alpha value is -1.98. The molecular weight excluding hydrogens is 220 g/mol. The molecular formula is C11H14N4O2. The average Bonchev–Trinajstić information content (AvgIpc) is 2.39. The van der Waals surface area contributed by atoms with Crippen LogP contribution in [0.2, 0.25) is 0 Å². The molecule has 1 aliphatic rings. The van der Waals surface area contributed by atoms with Crippen LogP contribution in [0.3, 0.4) is 0 Å². The predicted octanol–water partition coefficient (Wildman–Crippen LogP) is 0.851. The van der Waals surface area contributed by atoms with Crippen molar-refractivity contribution in [2.24, 2.45) is 5.16 Å². The summed E-state index contributed by atoms with van der Waals surface area (Å²) in [6.07, 6.45) is 4.30. The van der Waals surface area contributed by atoms with E-state index in [4.69, 9.17) is 5.21 Å². The molecule has 0 radical (unpaired) electrons. The first-order valence-corrected chi connectivity index (χ1v) is 5.48. The number of rotatable bonds is 1. The Kier molecular flexibility index (Phi) is 3.32. The number of hydrogen-bond acceptors (Lipinski definition) is 5. The van der Waals surface area contributed by atoms with E-state index >= 15 is 0 Å². The molecule has 1 aromatic heterocycles. The molecule has 1 N–H and O–H groups in total. The van der Waals surface area contributed by atoms with E-state index in [2.05, 4.69) is 15.1 Å². The zero-order valence-electron chi connectivity index (χ0n) is 9.63. The minimum Gasteiger partial charge on any atom is -0.411 e. The number of aromatic nitrogens is 2. The Morgan fingerprint density at radius 3 is 2.59 bits per heavy atom. The summed E-state index contributed by atoms with van der Waals surface area (Å²) in [5.41, 5.74) is 1.89. The van der Waals surface area contributed by atoms with Gasteiger partial charge in [0, 0.05) is 32.1 Å². The lowest BCUT2D eigenvalue weighted by molar-refractivity contribution is 0.0747. The van der Waals surface area contributed by atoms with Gasteiger partial charge in [-0.15, -0.1) is 0 Å². The molecule has 90 valence electrons. The minimum absolute atomic E-state index is 0.116. The van der Waals surface area contributed by atoms with E-state index in [9.17, 15) is 4.79 Å². The second-order valence-electron chi connectivity index (χ2n) is 4.00. The van der Waals surface area contributed by atoms with Crippen molar-refractivity contribution in [3.63, 3.8) is 0 Å². The number of aryl methyl sites for hydroxylation is 1. The van der Waals surface area contributed by atoms with E-state index in [0.717, 1.165) is 11.4 Å². The number of nitrogens with zero attached hydrogens (tertiary/aromatic N) is 4.